The van der Waals surface area contributed by atoms with Crippen molar-refractivity contribution in [3.63, 3.8) is 0 Å². The highest BCUT2D eigenvalue weighted by molar-refractivity contribution is 6.51. The van der Waals surface area contributed by atoms with Gasteiger partial charge in [0.15, 0.2) is 11.5 Å². The fourth-order valence-electron chi connectivity index (χ4n) is 4.39. The van der Waals surface area contributed by atoms with E-state index in [4.69, 9.17) is 18.9 Å². The Balaban J connectivity index is 1.86. The van der Waals surface area contributed by atoms with Gasteiger partial charge in [0.25, 0.3) is 11.7 Å². The van der Waals surface area contributed by atoms with Crippen molar-refractivity contribution in [1.29, 1.82) is 0 Å². The normalized spacial score (nSPS) is 16.4. The molecule has 0 saturated carbocycles. The van der Waals surface area contributed by atoms with E-state index in [1.54, 1.807) is 66.7 Å². The minimum absolute atomic E-state index is 0.0293. The van der Waals surface area contributed by atoms with E-state index < -0.39 is 17.7 Å². The average molecular weight is 518 g/mol. The number of ether oxygens (including phenoxy) is 4. The van der Waals surface area contributed by atoms with Crippen molar-refractivity contribution in [3.8, 4) is 23.0 Å². The van der Waals surface area contributed by atoms with Gasteiger partial charge in [-0.2, -0.15) is 0 Å². The molecule has 1 saturated heterocycles. The Morgan fingerprint density at radius 2 is 1.47 bits per heavy atom. The molecule has 0 bridgehead atoms. The summed E-state index contributed by atoms with van der Waals surface area (Å²) in [6.45, 7) is 4.96. The molecule has 1 atom stereocenters. The van der Waals surface area contributed by atoms with Crippen molar-refractivity contribution in [2.45, 2.75) is 26.3 Å². The van der Waals surface area contributed by atoms with Gasteiger partial charge in [0.2, 0.25) is 0 Å². The molecule has 3 aromatic carbocycles. The highest BCUT2D eigenvalue weighted by Gasteiger charge is 2.47. The Labute approximate surface area is 222 Å². The molecule has 0 spiro atoms. The van der Waals surface area contributed by atoms with Crippen LogP contribution in [0.1, 0.15) is 37.4 Å². The van der Waals surface area contributed by atoms with E-state index in [2.05, 4.69) is 0 Å². The van der Waals surface area contributed by atoms with Crippen LogP contribution in [0.15, 0.2) is 72.3 Å². The third kappa shape index (κ3) is 5.16. The third-order valence-electron chi connectivity index (χ3n) is 6.19. The van der Waals surface area contributed by atoms with E-state index in [-0.39, 0.29) is 11.3 Å². The zero-order valence-corrected chi connectivity index (χ0v) is 21.9. The number of aliphatic hydroxyl groups excluding tert-OH is 1. The van der Waals surface area contributed by atoms with Gasteiger partial charge in [-0.3, -0.25) is 14.5 Å². The molecule has 0 radical (unpaired) electrons. The van der Waals surface area contributed by atoms with Crippen molar-refractivity contribution < 1.29 is 33.6 Å². The van der Waals surface area contributed by atoms with E-state index >= 15 is 0 Å². The first kappa shape index (κ1) is 26.6. The molecule has 1 N–H and O–H groups in total. The van der Waals surface area contributed by atoms with Gasteiger partial charge in [-0.25, -0.2) is 0 Å². The lowest BCUT2D eigenvalue weighted by Gasteiger charge is -2.26. The largest absolute Gasteiger partial charge is 0.507 e. The average Bonchev–Trinajstić information content (AvgIpc) is 3.22. The number of Topliss-reactive ketones (excluding diaryl/α,β-unsaturated/α-hetero) is 1. The van der Waals surface area contributed by atoms with Crippen molar-refractivity contribution in [3.05, 3.63) is 83.4 Å². The molecule has 1 heterocycles. The molecule has 38 heavy (non-hydrogen) atoms. The number of carbonyl (C=O) groups excluding carboxylic acids is 2. The lowest BCUT2D eigenvalue weighted by Crippen LogP contribution is -2.29. The fraction of sp³-hybridized carbons (Fsp3) is 0.267. The molecule has 1 aliphatic rings. The number of carbonyl (C=O) groups is 2. The van der Waals surface area contributed by atoms with Gasteiger partial charge in [0, 0.05) is 11.3 Å². The Hall–Kier alpha value is -4.46. The van der Waals surface area contributed by atoms with Gasteiger partial charge in [0.1, 0.15) is 17.3 Å². The summed E-state index contributed by atoms with van der Waals surface area (Å²) < 4.78 is 22.0. The van der Waals surface area contributed by atoms with Crippen LogP contribution in [0.2, 0.25) is 0 Å². The van der Waals surface area contributed by atoms with Crippen molar-refractivity contribution in [2.24, 2.45) is 0 Å². The van der Waals surface area contributed by atoms with Crippen LogP contribution in [0.5, 0.6) is 23.0 Å². The molecule has 0 aliphatic carbocycles. The number of anilines is 1. The third-order valence-corrected chi connectivity index (χ3v) is 6.19. The van der Waals surface area contributed by atoms with Crippen LogP contribution >= 0.6 is 0 Å². The maximum absolute atomic E-state index is 13.4. The monoisotopic (exact) mass is 517 g/mol. The molecule has 8 nitrogen and oxygen atoms in total. The first-order valence-electron chi connectivity index (χ1n) is 12.4. The summed E-state index contributed by atoms with van der Waals surface area (Å²) in [5.41, 5.74) is 1.42. The molecular formula is C30H31NO7. The number of ketones is 1. The summed E-state index contributed by atoms with van der Waals surface area (Å²) >= 11 is 0. The minimum Gasteiger partial charge on any atom is -0.507 e. The molecule has 1 amide bonds. The second-order valence-corrected chi connectivity index (χ2v) is 8.58. The molecule has 1 unspecified atom stereocenters. The van der Waals surface area contributed by atoms with E-state index in [0.29, 0.717) is 53.0 Å². The van der Waals surface area contributed by atoms with Crippen LogP contribution in [0.3, 0.4) is 0 Å². The lowest BCUT2D eigenvalue weighted by atomic mass is 9.94. The number of aliphatic hydroxyl groups is 1. The maximum Gasteiger partial charge on any atom is 0.300 e. The summed E-state index contributed by atoms with van der Waals surface area (Å²) in [4.78, 5) is 28.2. The quantitative estimate of drug-likeness (QED) is 0.215. The molecule has 8 heteroatoms. The van der Waals surface area contributed by atoms with E-state index in [1.807, 2.05) is 13.8 Å². The number of hydrogen-bond donors (Lipinski definition) is 1. The smallest absolute Gasteiger partial charge is 0.300 e. The first-order chi connectivity index (χ1) is 18.4. The van der Waals surface area contributed by atoms with E-state index in [1.165, 1.54) is 19.1 Å². The highest BCUT2D eigenvalue weighted by atomic mass is 16.5. The number of benzene rings is 3. The minimum atomic E-state index is -0.913. The highest BCUT2D eigenvalue weighted by Crippen LogP contribution is 2.44. The summed E-state index contributed by atoms with van der Waals surface area (Å²) in [5, 5.41) is 11.4. The van der Waals surface area contributed by atoms with Crippen LogP contribution in [-0.4, -0.2) is 44.2 Å². The maximum atomic E-state index is 13.4. The van der Waals surface area contributed by atoms with Crippen molar-refractivity contribution in [1.82, 2.24) is 0 Å². The second kappa shape index (κ2) is 11.7. The van der Waals surface area contributed by atoms with Crippen LogP contribution in [-0.2, 0) is 9.59 Å². The summed E-state index contributed by atoms with van der Waals surface area (Å²) in [7, 11) is 3.03. The van der Waals surface area contributed by atoms with Crippen molar-refractivity contribution in [2.75, 3.05) is 32.3 Å². The van der Waals surface area contributed by atoms with E-state index in [9.17, 15) is 14.7 Å². The Kier molecular flexibility index (Phi) is 8.21. The molecule has 1 aliphatic heterocycles. The van der Waals surface area contributed by atoms with Crippen LogP contribution < -0.4 is 23.8 Å². The van der Waals surface area contributed by atoms with Gasteiger partial charge in [0.05, 0.1) is 39.0 Å². The lowest BCUT2D eigenvalue weighted by molar-refractivity contribution is -0.132. The summed E-state index contributed by atoms with van der Waals surface area (Å²) in [5.74, 6) is 0.395. The Morgan fingerprint density at radius 3 is 2.08 bits per heavy atom. The SMILES string of the molecule is CCCOc1ccc(/C(O)=C2/C(=O)C(=O)N(c3ccc(OCC)cc3)C2c2ccc(OC)c(OC)c2)cc1. The van der Waals surface area contributed by atoms with Gasteiger partial charge >= 0.3 is 0 Å². The number of hydrogen-bond acceptors (Lipinski definition) is 7. The summed E-state index contributed by atoms with van der Waals surface area (Å²) in [6.07, 6.45) is 0.863. The summed E-state index contributed by atoms with van der Waals surface area (Å²) in [6, 6.07) is 17.9. The Bertz CT molecular complexity index is 1330. The van der Waals surface area contributed by atoms with Crippen LogP contribution in [0.4, 0.5) is 5.69 Å². The molecular weight excluding hydrogens is 486 g/mol. The fourth-order valence-corrected chi connectivity index (χ4v) is 4.39. The molecule has 4 rings (SSSR count). The topological polar surface area (TPSA) is 94.5 Å². The first-order valence-corrected chi connectivity index (χ1v) is 12.4. The predicted octanol–water partition coefficient (Wildman–Crippen LogP) is 5.52. The van der Waals surface area contributed by atoms with Crippen LogP contribution in [0.25, 0.3) is 5.76 Å². The second-order valence-electron chi connectivity index (χ2n) is 8.58. The zero-order valence-electron chi connectivity index (χ0n) is 21.9. The molecule has 198 valence electrons. The number of methoxy groups -OCH3 is 2. The number of amides is 1. The van der Waals surface area contributed by atoms with Gasteiger partial charge in [-0.1, -0.05) is 13.0 Å². The van der Waals surface area contributed by atoms with Crippen molar-refractivity contribution >= 4 is 23.1 Å². The number of nitrogens with zero attached hydrogens (tertiary/aromatic N) is 1. The van der Waals surface area contributed by atoms with Gasteiger partial charge in [-0.15, -0.1) is 0 Å². The van der Waals surface area contributed by atoms with Crippen LogP contribution in [0, 0.1) is 0 Å². The van der Waals surface area contributed by atoms with Gasteiger partial charge < -0.3 is 24.1 Å². The van der Waals surface area contributed by atoms with Gasteiger partial charge in [-0.05, 0) is 79.6 Å². The standard InChI is InChI=1S/C30H31NO7/c1-5-17-38-23-12-7-19(8-13-23)28(32)26-27(20-9-16-24(35-3)25(18-20)36-4)31(30(34)29(26)33)21-10-14-22(15-11-21)37-6-2/h7-16,18,27,32H,5-6,17H2,1-4H3/b28-26-. The predicted molar refractivity (Wildman–Crippen MR) is 144 cm³/mol. The Morgan fingerprint density at radius 1 is 0.842 bits per heavy atom. The zero-order chi connectivity index (χ0) is 27.2. The number of rotatable bonds is 10. The molecule has 0 aromatic heterocycles. The molecule has 1 fully saturated rings. The van der Waals surface area contributed by atoms with E-state index in [0.717, 1.165) is 6.42 Å². The molecule has 3 aromatic rings.